The van der Waals surface area contributed by atoms with Crippen molar-refractivity contribution in [1.82, 2.24) is 19.9 Å². The highest BCUT2D eigenvalue weighted by Gasteiger charge is 2.08. The lowest BCUT2D eigenvalue weighted by Gasteiger charge is -2.04. The van der Waals surface area contributed by atoms with Crippen molar-refractivity contribution in [3.05, 3.63) is 59.8 Å². The van der Waals surface area contributed by atoms with Crippen LogP contribution in [0.5, 0.6) is 0 Å². The van der Waals surface area contributed by atoms with Crippen molar-refractivity contribution >= 4 is 38.6 Å². The Bertz CT molecular complexity index is 955. The zero-order valence-corrected chi connectivity index (χ0v) is 13.1. The highest BCUT2D eigenvalue weighted by atomic mass is 32.1. The van der Waals surface area contributed by atoms with Crippen molar-refractivity contribution in [3.8, 4) is 0 Å². The van der Waals surface area contributed by atoms with Gasteiger partial charge in [-0.25, -0.2) is 0 Å². The number of carbonyl (C=O) groups is 1. The van der Waals surface area contributed by atoms with Gasteiger partial charge in [0.15, 0.2) is 0 Å². The van der Waals surface area contributed by atoms with Gasteiger partial charge >= 0.3 is 0 Å². The zero-order chi connectivity index (χ0) is 15.6. The Balaban J connectivity index is 1.40. The maximum Gasteiger partial charge on any atom is 0.251 e. The molecule has 0 bridgehead atoms. The lowest BCUT2D eigenvalue weighted by atomic mass is 10.2. The summed E-state index contributed by atoms with van der Waals surface area (Å²) in [7, 11) is 0. The van der Waals surface area contributed by atoms with Crippen molar-refractivity contribution in [2.24, 2.45) is 0 Å². The Morgan fingerprint density at radius 2 is 2.09 bits per heavy atom. The first-order valence-corrected chi connectivity index (χ1v) is 8.14. The van der Waals surface area contributed by atoms with Gasteiger partial charge in [-0.2, -0.15) is 0 Å². The van der Waals surface area contributed by atoms with Gasteiger partial charge in [0.05, 0.1) is 4.70 Å². The van der Waals surface area contributed by atoms with E-state index in [4.69, 9.17) is 0 Å². The molecule has 1 amide bonds. The summed E-state index contributed by atoms with van der Waals surface area (Å²) in [4.78, 5) is 15.6. The second kappa shape index (κ2) is 5.81. The van der Waals surface area contributed by atoms with Gasteiger partial charge in [0.2, 0.25) is 0 Å². The van der Waals surface area contributed by atoms with Crippen LogP contribution in [0, 0.1) is 0 Å². The summed E-state index contributed by atoms with van der Waals surface area (Å²) in [6.07, 6.45) is 0.765. The summed E-state index contributed by atoms with van der Waals surface area (Å²) in [5.41, 5.74) is 3.61. The first kappa shape index (κ1) is 13.9. The number of amides is 1. The molecule has 0 atom stereocenters. The molecule has 2 aromatic carbocycles. The molecule has 5 nitrogen and oxygen atoms in total. The number of aromatic amines is 1. The Morgan fingerprint density at radius 1 is 1.17 bits per heavy atom. The molecule has 4 aromatic rings. The Kier molecular flexibility index (Phi) is 3.51. The molecule has 2 heterocycles. The van der Waals surface area contributed by atoms with E-state index in [0.717, 1.165) is 27.8 Å². The summed E-state index contributed by atoms with van der Waals surface area (Å²) in [6.45, 7) is 0.582. The molecule has 114 valence electrons. The van der Waals surface area contributed by atoms with E-state index >= 15 is 0 Å². The smallest absolute Gasteiger partial charge is 0.251 e. The molecule has 0 spiro atoms. The van der Waals surface area contributed by atoms with Gasteiger partial charge in [0.25, 0.3) is 5.91 Å². The molecular formula is C17H14N4OS. The summed E-state index contributed by atoms with van der Waals surface area (Å²) >= 11 is 1.33. The van der Waals surface area contributed by atoms with E-state index in [9.17, 15) is 4.79 Å². The molecule has 23 heavy (non-hydrogen) atoms. The fraction of sp³-hybridized carbons (Fsp3) is 0.118. The molecule has 0 fully saturated rings. The van der Waals surface area contributed by atoms with Gasteiger partial charge in [-0.05, 0) is 47.3 Å². The molecule has 0 radical (unpaired) electrons. The monoisotopic (exact) mass is 322 g/mol. The number of hydrogen-bond donors (Lipinski definition) is 2. The van der Waals surface area contributed by atoms with Gasteiger partial charge < -0.3 is 10.3 Å². The standard InChI is InChI=1S/C17H14N4OS/c22-17(12-5-6-16-15(10-12)20-21-23-16)18-8-7-13-9-11-3-1-2-4-14(11)19-13/h1-6,9-10,19H,7-8H2,(H,18,22). The zero-order valence-electron chi connectivity index (χ0n) is 12.2. The fourth-order valence-electron chi connectivity index (χ4n) is 2.60. The van der Waals surface area contributed by atoms with Gasteiger partial charge in [0.1, 0.15) is 5.52 Å². The second-order valence-electron chi connectivity index (χ2n) is 5.34. The van der Waals surface area contributed by atoms with E-state index in [1.54, 1.807) is 12.1 Å². The molecule has 4 rings (SSSR count). The highest BCUT2D eigenvalue weighted by Crippen LogP contribution is 2.17. The largest absolute Gasteiger partial charge is 0.358 e. The Morgan fingerprint density at radius 3 is 3.00 bits per heavy atom. The average Bonchev–Trinajstić information content (AvgIpc) is 3.19. The van der Waals surface area contributed by atoms with Crippen molar-refractivity contribution in [1.29, 1.82) is 0 Å². The minimum atomic E-state index is -0.0870. The van der Waals surface area contributed by atoms with E-state index in [-0.39, 0.29) is 5.91 Å². The molecule has 0 aliphatic carbocycles. The average molecular weight is 322 g/mol. The number of hydrogen-bond acceptors (Lipinski definition) is 4. The van der Waals surface area contributed by atoms with Crippen molar-refractivity contribution < 1.29 is 4.79 Å². The fourth-order valence-corrected chi connectivity index (χ4v) is 3.14. The van der Waals surface area contributed by atoms with Crippen LogP contribution in [0.4, 0.5) is 0 Å². The maximum atomic E-state index is 12.2. The molecular weight excluding hydrogens is 308 g/mol. The van der Waals surface area contributed by atoms with Gasteiger partial charge in [0, 0.05) is 29.7 Å². The highest BCUT2D eigenvalue weighted by molar-refractivity contribution is 7.12. The van der Waals surface area contributed by atoms with Crippen LogP contribution in [0.15, 0.2) is 48.5 Å². The predicted octanol–water partition coefficient (Wildman–Crippen LogP) is 3.15. The molecule has 0 saturated carbocycles. The van der Waals surface area contributed by atoms with E-state index in [2.05, 4.69) is 38.1 Å². The molecule has 0 unspecified atom stereocenters. The molecule has 2 aromatic heterocycles. The number of H-pyrrole nitrogens is 1. The van der Waals surface area contributed by atoms with Gasteiger partial charge in [-0.3, -0.25) is 4.79 Å². The van der Waals surface area contributed by atoms with Crippen LogP contribution in [0.2, 0.25) is 0 Å². The third-order valence-electron chi connectivity index (χ3n) is 3.77. The summed E-state index contributed by atoms with van der Waals surface area (Å²) in [5, 5.41) is 8.13. The molecule has 0 saturated heterocycles. The van der Waals surface area contributed by atoms with Crippen LogP contribution in [0.1, 0.15) is 16.1 Å². The number of para-hydroxylation sites is 1. The second-order valence-corrected chi connectivity index (χ2v) is 6.13. The number of nitrogens with zero attached hydrogens (tertiary/aromatic N) is 2. The number of carbonyl (C=O) groups excluding carboxylic acids is 1. The SMILES string of the molecule is O=C(NCCc1cc2ccccc2[nH]1)c1ccc2snnc2c1. The number of rotatable bonds is 4. The maximum absolute atomic E-state index is 12.2. The first-order chi connectivity index (χ1) is 11.3. The van der Waals surface area contributed by atoms with Crippen molar-refractivity contribution in [2.75, 3.05) is 6.54 Å². The van der Waals surface area contributed by atoms with E-state index in [1.165, 1.54) is 16.9 Å². The minimum absolute atomic E-state index is 0.0870. The quantitative estimate of drug-likeness (QED) is 0.606. The van der Waals surface area contributed by atoms with Crippen LogP contribution < -0.4 is 5.32 Å². The van der Waals surface area contributed by atoms with E-state index in [1.807, 2.05) is 18.2 Å². The van der Waals surface area contributed by atoms with Crippen LogP contribution in [-0.2, 0) is 6.42 Å². The lowest BCUT2D eigenvalue weighted by Crippen LogP contribution is -2.25. The van der Waals surface area contributed by atoms with E-state index in [0.29, 0.717) is 12.1 Å². The molecule has 0 aliphatic heterocycles. The number of aromatic nitrogens is 3. The Labute approximate surface area is 136 Å². The minimum Gasteiger partial charge on any atom is -0.358 e. The summed E-state index contributed by atoms with van der Waals surface area (Å²) in [6, 6.07) is 15.7. The third-order valence-corrected chi connectivity index (χ3v) is 4.48. The molecule has 6 heteroatoms. The van der Waals surface area contributed by atoms with Crippen LogP contribution in [-0.4, -0.2) is 27.0 Å². The summed E-state index contributed by atoms with van der Waals surface area (Å²) < 4.78 is 4.87. The van der Waals surface area contributed by atoms with Crippen LogP contribution >= 0.6 is 11.5 Å². The summed E-state index contributed by atoms with van der Waals surface area (Å²) in [5.74, 6) is -0.0870. The lowest BCUT2D eigenvalue weighted by molar-refractivity contribution is 0.0954. The van der Waals surface area contributed by atoms with Gasteiger partial charge in [-0.15, -0.1) is 5.10 Å². The number of fused-ring (bicyclic) bond motifs is 2. The van der Waals surface area contributed by atoms with Crippen molar-refractivity contribution in [2.45, 2.75) is 6.42 Å². The third kappa shape index (κ3) is 2.80. The predicted molar refractivity (Wildman–Crippen MR) is 91.8 cm³/mol. The Hall–Kier alpha value is -2.73. The topological polar surface area (TPSA) is 70.7 Å². The van der Waals surface area contributed by atoms with Crippen molar-refractivity contribution in [3.63, 3.8) is 0 Å². The normalized spacial score (nSPS) is 11.1. The number of nitrogens with one attached hydrogen (secondary N) is 2. The van der Waals surface area contributed by atoms with Crippen LogP contribution in [0.3, 0.4) is 0 Å². The number of benzene rings is 2. The van der Waals surface area contributed by atoms with Gasteiger partial charge in [-0.1, -0.05) is 22.7 Å². The van der Waals surface area contributed by atoms with Crippen LogP contribution in [0.25, 0.3) is 21.1 Å². The molecule has 0 aliphatic rings. The first-order valence-electron chi connectivity index (χ1n) is 7.36. The molecule has 2 N–H and O–H groups in total. The van der Waals surface area contributed by atoms with E-state index < -0.39 is 0 Å².